The zero-order valence-corrected chi connectivity index (χ0v) is 54.3. The molecular formula is C72H74N8O12. The number of aryl methyl sites for hydroxylation is 6. The van der Waals surface area contributed by atoms with Crippen LogP contribution in [0.4, 0.5) is 0 Å². The summed E-state index contributed by atoms with van der Waals surface area (Å²) in [5, 5.41) is 0. The summed E-state index contributed by atoms with van der Waals surface area (Å²) in [6.07, 6.45) is 4.33. The third kappa shape index (κ3) is 13.1. The Bertz CT molecular complexity index is 4410. The van der Waals surface area contributed by atoms with Crippen molar-refractivity contribution < 1.29 is 57.2 Å². The number of aromatic amines is 4. The summed E-state index contributed by atoms with van der Waals surface area (Å²) < 4.78 is 31.4. The number of H-pyrrole nitrogens is 4. The van der Waals surface area contributed by atoms with Crippen molar-refractivity contribution in [1.82, 2.24) is 39.9 Å². The van der Waals surface area contributed by atoms with Crippen LogP contribution in [0, 0.1) is 27.7 Å². The molecule has 0 fully saturated rings. The third-order valence-electron chi connectivity index (χ3n) is 17.6. The molecule has 4 N–H and O–H groups in total. The second-order valence-electron chi connectivity index (χ2n) is 23.1. The fourth-order valence-corrected chi connectivity index (χ4v) is 12.3. The first kappa shape index (κ1) is 64.5. The highest BCUT2D eigenvalue weighted by molar-refractivity contribution is 6.13. The summed E-state index contributed by atoms with van der Waals surface area (Å²) in [4.78, 5) is 115. The fourth-order valence-electron chi connectivity index (χ4n) is 12.3. The largest absolute Gasteiger partial charge is 0.469 e. The maximum absolute atomic E-state index is 14.3. The lowest BCUT2D eigenvalue weighted by molar-refractivity contribution is -0.141. The van der Waals surface area contributed by atoms with Gasteiger partial charge in [0.05, 0.1) is 88.2 Å². The molecule has 0 saturated heterocycles. The SMILES string of the molecule is COC(=O)/C=C(C1=C(C)c2cc3cc(C)c(cc4nc(cc5[nH]c(cc1n2)c(C)c5CCC(=O)OC)C(CCC(=O)OC)=C4C)[nH]3)/C(=C/C(=O)OC)C1=C(C)c2cc3cc(C)c(cc4nc(cc5[nH]c(cc1n2)c(C)c5CCC(=O)OC)C(CCC(=O)OC)=C4C)[nH]3. The van der Waals surface area contributed by atoms with Gasteiger partial charge in [0.25, 0.3) is 0 Å². The quantitative estimate of drug-likeness (QED) is 0.0286. The van der Waals surface area contributed by atoms with Crippen molar-refractivity contribution in [2.24, 2.45) is 0 Å². The van der Waals surface area contributed by atoms with Gasteiger partial charge in [0.1, 0.15) is 0 Å². The van der Waals surface area contributed by atoms with E-state index < -0.39 is 23.9 Å². The minimum absolute atomic E-state index is 0.0632. The Morgan fingerprint density at radius 1 is 0.348 bits per heavy atom. The number of nitrogens with zero attached hydrogens (tertiary/aromatic N) is 4. The molecular weight excluding hydrogens is 1170 g/mol. The van der Waals surface area contributed by atoms with Gasteiger partial charge in [0, 0.05) is 93.1 Å². The topological polar surface area (TPSA) is 273 Å². The van der Waals surface area contributed by atoms with Crippen LogP contribution < -0.4 is 0 Å². The predicted molar refractivity (Wildman–Crippen MR) is 354 cm³/mol. The van der Waals surface area contributed by atoms with Gasteiger partial charge in [-0.3, -0.25) is 19.2 Å². The van der Waals surface area contributed by atoms with Crippen molar-refractivity contribution >= 4 is 125 Å². The number of hydrogen-bond acceptors (Lipinski definition) is 16. The molecule has 16 bridgehead atoms. The number of hydrogen-bond donors (Lipinski definition) is 4. The monoisotopic (exact) mass is 1240 g/mol. The van der Waals surface area contributed by atoms with E-state index in [2.05, 4.69) is 19.9 Å². The molecule has 10 heterocycles. The first-order chi connectivity index (χ1) is 44.0. The second-order valence-corrected chi connectivity index (χ2v) is 23.1. The van der Waals surface area contributed by atoms with Crippen LogP contribution in [0.15, 0.2) is 84.0 Å². The lowest BCUT2D eigenvalue weighted by atomic mass is 9.85. The Kier molecular flexibility index (Phi) is 18.9. The molecule has 0 spiro atoms. The smallest absolute Gasteiger partial charge is 0.331 e. The van der Waals surface area contributed by atoms with Crippen molar-refractivity contribution in [1.29, 1.82) is 0 Å². The van der Waals surface area contributed by atoms with Crippen molar-refractivity contribution in [2.75, 3.05) is 42.7 Å². The Labute approximate surface area is 531 Å². The second kappa shape index (κ2) is 26.9. The van der Waals surface area contributed by atoms with E-state index in [0.717, 1.165) is 66.7 Å². The average molecular weight is 1240 g/mol. The van der Waals surface area contributed by atoms with Crippen LogP contribution in [0.1, 0.15) is 145 Å². The summed E-state index contributed by atoms with van der Waals surface area (Å²) in [5.74, 6) is -3.00. The van der Waals surface area contributed by atoms with E-state index in [1.165, 1.54) is 54.8 Å². The fraction of sp³-hybridized carbons (Fsp3) is 0.306. The number of fused-ring (bicyclic) bond motifs is 16. The van der Waals surface area contributed by atoms with E-state index in [-0.39, 0.29) is 61.6 Å². The number of esters is 6. The molecule has 20 heteroatoms. The van der Waals surface area contributed by atoms with E-state index in [1.54, 1.807) is 0 Å². The molecule has 0 aliphatic carbocycles. The van der Waals surface area contributed by atoms with Gasteiger partial charge in [0.15, 0.2) is 0 Å². The zero-order chi connectivity index (χ0) is 66.0. The minimum atomic E-state index is -0.740. The number of rotatable bonds is 17. The van der Waals surface area contributed by atoms with Gasteiger partial charge in [-0.1, -0.05) is 0 Å². The lowest BCUT2D eigenvalue weighted by Gasteiger charge is -2.17. The molecule has 0 saturated carbocycles. The van der Waals surface area contributed by atoms with Crippen molar-refractivity contribution in [2.45, 2.75) is 107 Å². The van der Waals surface area contributed by atoms with E-state index in [1.807, 2.05) is 116 Å². The molecule has 0 radical (unpaired) electrons. The van der Waals surface area contributed by atoms with Crippen LogP contribution in [0.5, 0.6) is 0 Å². The molecule has 6 aromatic heterocycles. The van der Waals surface area contributed by atoms with Crippen LogP contribution >= 0.6 is 0 Å². The van der Waals surface area contributed by atoms with Gasteiger partial charge >= 0.3 is 35.8 Å². The van der Waals surface area contributed by atoms with Crippen LogP contribution in [0.2, 0.25) is 0 Å². The van der Waals surface area contributed by atoms with E-state index in [9.17, 15) is 28.8 Å². The molecule has 4 aliphatic rings. The Balaban J connectivity index is 1.28. The molecule has 0 unspecified atom stereocenters. The molecule has 20 nitrogen and oxygen atoms in total. The highest BCUT2D eigenvalue weighted by Gasteiger charge is 2.32. The first-order valence-corrected chi connectivity index (χ1v) is 30.2. The number of methoxy groups -OCH3 is 6. The van der Waals surface area contributed by atoms with E-state index in [4.69, 9.17) is 48.4 Å². The molecule has 4 aliphatic heterocycles. The van der Waals surface area contributed by atoms with Gasteiger partial charge in [-0.2, -0.15) is 0 Å². The van der Waals surface area contributed by atoms with E-state index in [0.29, 0.717) is 114 Å². The minimum Gasteiger partial charge on any atom is -0.469 e. The Morgan fingerprint density at radius 3 is 1.01 bits per heavy atom. The van der Waals surface area contributed by atoms with Crippen molar-refractivity contribution in [3.05, 3.63) is 163 Å². The number of carbonyl (C=O) groups is 6. The highest BCUT2D eigenvalue weighted by atomic mass is 16.5. The summed E-state index contributed by atoms with van der Waals surface area (Å²) in [6.45, 7) is 15.7. The van der Waals surface area contributed by atoms with Crippen LogP contribution in [0.25, 0.3) is 88.7 Å². The number of carbonyl (C=O) groups excluding carboxylic acids is 6. The normalized spacial score (nSPS) is 13.5. The lowest BCUT2D eigenvalue weighted by Crippen LogP contribution is -2.07. The number of nitrogens with one attached hydrogen (secondary N) is 4. The van der Waals surface area contributed by atoms with Gasteiger partial charge in [-0.25, -0.2) is 29.5 Å². The number of aromatic nitrogens is 8. The summed E-state index contributed by atoms with van der Waals surface area (Å²) >= 11 is 0. The van der Waals surface area contributed by atoms with Crippen molar-refractivity contribution in [3.8, 4) is 0 Å². The first-order valence-electron chi connectivity index (χ1n) is 30.2. The summed E-state index contributed by atoms with van der Waals surface area (Å²) in [7, 11) is 7.97. The van der Waals surface area contributed by atoms with Gasteiger partial charge in [0.2, 0.25) is 0 Å². The predicted octanol–water partition coefficient (Wildman–Crippen LogP) is 12.9. The van der Waals surface area contributed by atoms with Crippen LogP contribution in [-0.4, -0.2) is 118 Å². The average Bonchev–Trinajstić information content (AvgIpc) is 1.61. The molecule has 0 atom stereocenters. The molecule has 6 aromatic rings. The molecule has 10 rings (SSSR count). The summed E-state index contributed by atoms with van der Waals surface area (Å²) in [6, 6.07) is 19.5. The maximum atomic E-state index is 14.3. The third-order valence-corrected chi connectivity index (χ3v) is 17.6. The molecule has 474 valence electrons. The van der Waals surface area contributed by atoms with Crippen LogP contribution in [0.3, 0.4) is 0 Å². The highest BCUT2D eigenvalue weighted by Crippen LogP contribution is 2.47. The van der Waals surface area contributed by atoms with Crippen molar-refractivity contribution in [3.63, 3.8) is 0 Å². The summed E-state index contributed by atoms with van der Waals surface area (Å²) in [5.41, 5.74) is 21.2. The van der Waals surface area contributed by atoms with Crippen LogP contribution in [-0.2, 0) is 70.0 Å². The van der Waals surface area contributed by atoms with Gasteiger partial charge in [-0.15, -0.1) is 0 Å². The number of ether oxygens (including phenoxy) is 6. The maximum Gasteiger partial charge on any atom is 0.331 e. The van der Waals surface area contributed by atoms with Gasteiger partial charge < -0.3 is 48.4 Å². The number of allylic oxidation sites excluding steroid dienone is 10. The zero-order valence-electron chi connectivity index (χ0n) is 54.3. The molecule has 0 amide bonds. The Morgan fingerprint density at radius 2 is 0.663 bits per heavy atom. The Hall–Kier alpha value is -10.5. The van der Waals surface area contributed by atoms with Gasteiger partial charge in [-0.05, 0) is 220 Å². The molecule has 0 aromatic carbocycles. The van der Waals surface area contributed by atoms with E-state index >= 15 is 0 Å². The molecule has 92 heavy (non-hydrogen) atoms. The standard InChI is InChI=1S/C72H74N8O12/c1-35-23-43-25-53-41(7)71(63(79-53)31-57-39(5)47(17-21-67(83)89-11)61(77-57)33-59-45(15-19-65(81)87-9)37(3)55(75-59)29-51(35)73-43)49(27-69(85)91-13)50(28-70(86)92-14)72-42(8)54-26-44-24-36(2)52(74-44)30-56-38(4)46(16-20-66(82)88-10)60(76-56)34-62-48(18-22-68(84)90-12)40(6)58(78-62)32-64(72)80-54/h23-34,73-74,77-78H,15-22H2,1-14H3/b43-25?,44-26?,49-27-,50-28-,51-29?,52-30?,53-25?,54-26?,55-29?,56-30?,57-31?,58-32?,59-33?,60-34?,61-33?,62-34?,63-31?,64-32?.